The first-order valence-electron chi connectivity index (χ1n) is 25.0. The molecule has 4 fully saturated rings. The summed E-state index contributed by atoms with van der Waals surface area (Å²) in [6.07, 6.45) is 4.00. The standard InChI is InChI=1S/C51H73N11O8S2/c1-31(52-7)44(63)54-36-19-23-71-40-25-50(3,4)42(61(40)48(36)67)46(65)56-38(33-15-11-9-12-16-33)29-69-22-21-60-27-35(58-59-60)28-70-30-39(34-17-13-10-14-18-34)57-47(66)43-51(5,6)26-41-62(43)49(68)37(20-24-72-41)55-45(64)32(2)53-8/h9-18,27,31-32,36-43,52-53H,19-26,28-30H2,1-8H3,(H,54,63)(H,55,64)(H,56,65)(H,57,66)/t31-,32-,36-,37-,38+,39+,40-,41-,42+,43+/m0/s1. The van der Waals surface area contributed by atoms with E-state index < -0.39 is 59.2 Å². The molecular weight excluding hydrogens is 959 g/mol. The van der Waals surface area contributed by atoms with Crippen molar-refractivity contribution >= 4 is 59.0 Å². The van der Waals surface area contributed by atoms with Crippen LogP contribution in [0.1, 0.15) is 96.1 Å². The first-order valence-corrected chi connectivity index (χ1v) is 27.1. The van der Waals surface area contributed by atoms with Crippen LogP contribution in [-0.2, 0) is 51.4 Å². The van der Waals surface area contributed by atoms with Gasteiger partial charge in [0, 0.05) is 0 Å². The van der Waals surface area contributed by atoms with Crippen molar-refractivity contribution < 1.29 is 38.2 Å². The van der Waals surface area contributed by atoms with Crippen molar-refractivity contribution in [3.8, 4) is 0 Å². The minimum Gasteiger partial charge on any atom is -0.377 e. The molecule has 5 heterocycles. The monoisotopic (exact) mass is 1030 g/mol. The second kappa shape index (κ2) is 24.3. The smallest absolute Gasteiger partial charge is 0.246 e. The molecule has 0 unspecified atom stereocenters. The Kier molecular flexibility index (Phi) is 18.5. The molecule has 19 nitrogen and oxygen atoms in total. The molecule has 0 aliphatic carbocycles. The second-order valence-corrected chi connectivity index (χ2v) is 23.1. The molecule has 10 atom stereocenters. The maximum absolute atomic E-state index is 14.4. The van der Waals surface area contributed by atoms with Crippen LogP contribution in [0.5, 0.6) is 0 Å². The summed E-state index contributed by atoms with van der Waals surface area (Å²) in [6.45, 7) is 12.5. The van der Waals surface area contributed by atoms with Crippen LogP contribution in [0.25, 0.3) is 0 Å². The molecule has 2 aromatic carbocycles. The summed E-state index contributed by atoms with van der Waals surface area (Å²) in [4.78, 5) is 86.3. The molecule has 6 N–H and O–H groups in total. The van der Waals surface area contributed by atoms with Gasteiger partial charge in [0.2, 0.25) is 35.4 Å². The molecule has 0 spiro atoms. The SMILES string of the molecule is CN[C@@H](C)C(=O)N[C@H]1CCS[C@H]2CC(C)(C)[C@@H](C(=O)N[C@H](COCCn3cc(COC[C@@H](NC(=O)[C@H]4N5C(=O)[C@@H](NC(=O)[C@H](C)NC)CCS[C@H]5CC4(C)C)c4ccccc4)nn3)c3ccccc3)N2C1=O. The topological polar surface area (TPSA) is 230 Å². The van der Waals surface area contributed by atoms with Gasteiger partial charge in [-0.05, 0) is 87.1 Å². The van der Waals surface area contributed by atoms with E-state index in [1.807, 2.05) is 88.4 Å². The van der Waals surface area contributed by atoms with Crippen molar-refractivity contribution in [2.24, 2.45) is 10.8 Å². The van der Waals surface area contributed by atoms with E-state index in [4.69, 9.17) is 9.47 Å². The summed E-state index contributed by atoms with van der Waals surface area (Å²) in [5, 5.41) is 26.3. The maximum atomic E-state index is 14.4. The number of nitrogens with one attached hydrogen (secondary N) is 6. The number of amides is 6. The van der Waals surface area contributed by atoms with Gasteiger partial charge in [0.05, 0.1) is 74.1 Å². The Balaban J connectivity index is 0.944. The number of aromatic nitrogens is 3. The summed E-state index contributed by atoms with van der Waals surface area (Å²) in [7, 11) is 3.39. The van der Waals surface area contributed by atoms with Crippen LogP contribution in [0.15, 0.2) is 66.9 Å². The molecule has 1 aromatic heterocycles. The molecule has 4 aliphatic rings. The van der Waals surface area contributed by atoms with Gasteiger partial charge in [0.1, 0.15) is 29.9 Å². The van der Waals surface area contributed by atoms with Crippen molar-refractivity contribution in [3.05, 3.63) is 83.7 Å². The van der Waals surface area contributed by atoms with Crippen LogP contribution in [0.4, 0.5) is 0 Å². The fraction of sp³-hybridized carbons (Fsp3) is 0.608. The fourth-order valence-electron chi connectivity index (χ4n) is 10.0. The molecule has 0 saturated carbocycles. The van der Waals surface area contributed by atoms with E-state index in [1.165, 1.54) is 0 Å². The largest absolute Gasteiger partial charge is 0.377 e. The molecule has 72 heavy (non-hydrogen) atoms. The second-order valence-electron chi connectivity index (χ2n) is 20.6. The average Bonchev–Trinajstić information content (AvgIpc) is 3.95. The minimum atomic E-state index is -0.771. The number of ether oxygens (including phenoxy) is 2. The zero-order valence-electron chi connectivity index (χ0n) is 42.7. The van der Waals surface area contributed by atoms with Crippen LogP contribution in [0.3, 0.4) is 0 Å². The third-order valence-electron chi connectivity index (χ3n) is 14.3. The molecular formula is C51H73N11O8S2. The minimum absolute atomic E-state index is 0.116. The van der Waals surface area contributed by atoms with Crippen LogP contribution in [0.2, 0.25) is 0 Å². The summed E-state index contributed by atoms with van der Waals surface area (Å²) in [6, 6.07) is 14.1. The van der Waals surface area contributed by atoms with Gasteiger partial charge in [0.15, 0.2) is 0 Å². The van der Waals surface area contributed by atoms with Crippen molar-refractivity contribution in [3.63, 3.8) is 0 Å². The Morgan fingerprint density at radius 2 is 1.14 bits per heavy atom. The zero-order valence-corrected chi connectivity index (χ0v) is 44.4. The summed E-state index contributed by atoms with van der Waals surface area (Å²) in [5.41, 5.74) is 1.20. The summed E-state index contributed by atoms with van der Waals surface area (Å²) >= 11 is 3.30. The van der Waals surface area contributed by atoms with E-state index in [2.05, 4.69) is 42.2 Å². The highest BCUT2D eigenvalue weighted by atomic mass is 32.2. The Morgan fingerprint density at radius 3 is 1.58 bits per heavy atom. The lowest BCUT2D eigenvalue weighted by atomic mass is 9.83. The number of nitrogens with zero attached hydrogens (tertiary/aromatic N) is 5. The number of likely N-dealkylation sites (N-methyl/N-ethyl adjacent to an activating group) is 2. The number of fused-ring (bicyclic) bond motifs is 2. The Labute approximate surface area is 431 Å². The predicted molar refractivity (Wildman–Crippen MR) is 276 cm³/mol. The summed E-state index contributed by atoms with van der Waals surface area (Å²) in [5.74, 6) is -0.238. The quantitative estimate of drug-likeness (QED) is 0.0844. The third kappa shape index (κ3) is 13.0. The molecule has 0 bridgehead atoms. The van der Waals surface area contributed by atoms with Gasteiger partial charge < -0.3 is 51.2 Å². The van der Waals surface area contributed by atoms with Crippen molar-refractivity contribution in [1.29, 1.82) is 0 Å². The molecule has 7 rings (SSSR count). The maximum Gasteiger partial charge on any atom is 0.246 e. The Bertz CT molecular complexity index is 2360. The van der Waals surface area contributed by atoms with E-state index in [0.29, 0.717) is 49.4 Å². The molecule has 0 radical (unpaired) electrons. The normalized spacial score (nSPS) is 25.2. The lowest BCUT2D eigenvalue weighted by Gasteiger charge is -2.35. The lowest BCUT2D eigenvalue weighted by Crippen LogP contribution is -2.58. The van der Waals surface area contributed by atoms with E-state index in [0.717, 1.165) is 11.1 Å². The highest BCUT2D eigenvalue weighted by Gasteiger charge is 2.56. The number of carbonyl (C=O) groups is 6. The van der Waals surface area contributed by atoms with Gasteiger partial charge in [-0.1, -0.05) is 93.6 Å². The van der Waals surface area contributed by atoms with Crippen molar-refractivity contribution in [2.45, 2.75) is 139 Å². The van der Waals surface area contributed by atoms with Gasteiger partial charge in [-0.25, -0.2) is 4.68 Å². The molecule has 4 aliphatic heterocycles. The lowest BCUT2D eigenvalue weighted by molar-refractivity contribution is -0.144. The molecule has 21 heteroatoms. The van der Waals surface area contributed by atoms with E-state index in [9.17, 15) is 28.8 Å². The van der Waals surface area contributed by atoms with Gasteiger partial charge >= 0.3 is 0 Å². The number of hydrogen-bond donors (Lipinski definition) is 6. The van der Waals surface area contributed by atoms with Crippen molar-refractivity contribution in [2.75, 3.05) is 45.4 Å². The van der Waals surface area contributed by atoms with Crippen LogP contribution in [-0.4, -0.2) is 153 Å². The number of carbonyl (C=O) groups excluding carboxylic acids is 6. The first-order chi connectivity index (χ1) is 34.4. The van der Waals surface area contributed by atoms with Gasteiger partial charge in [-0.15, -0.1) is 28.6 Å². The van der Waals surface area contributed by atoms with E-state index in [-0.39, 0.29) is 72.6 Å². The summed E-state index contributed by atoms with van der Waals surface area (Å²) < 4.78 is 14.1. The number of hydrogen-bond acceptors (Lipinski definition) is 14. The predicted octanol–water partition coefficient (Wildman–Crippen LogP) is 2.89. The Hall–Kier alpha value is -5.06. The average molecular weight is 1030 g/mol. The van der Waals surface area contributed by atoms with Gasteiger partial charge in [-0.2, -0.15) is 0 Å². The highest BCUT2D eigenvalue weighted by Crippen LogP contribution is 2.48. The third-order valence-corrected chi connectivity index (χ3v) is 16.8. The number of benzene rings is 2. The molecule has 392 valence electrons. The van der Waals surface area contributed by atoms with Gasteiger partial charge in [0.25, 0.3) is 0 Å². The van der Waals surface area contributed by atoms with Crippen LogP contribution >= 0.6 is 23.5 Å². The van der Waals surface area contributed by atoms with Crippen molar-refractivity contribution in [1.82, 2.24) is 56.7 Å². The van der Waals surface area contributed by atoms with Crippen LogP contribution in [0, 0.1) is 10.8 Å². The molecule has 3 aromatic rings. The van der Waals surface area contributed by atoms with E-state index in [1.54, 1.807) is 72.1 Å². The van der Waals surface area contributed by atoms with Gasteiger partial charge in [-0.3, -0.25) is 28.8 Å². The zero-order chi connectivity index (χ0) is 51.7. The Morgan fingerprint density at radius 1 is 0.694 bits per heavy atom. The van der Waals surface area contributed by atoms with E-state index >= 15 is 0 Å². The molecule has 4 saturated heterocycles. The van der Waals surface area contributed by atoms with Crippen LogP contribution < -0.4 is 31.9 Å². The first kappa shape index (κ1) is 54.7. The number of thioether (sulfide) groups is 2. The fourth-order valence-corrected chi connectivity index (χ4v) is 13.2. The highest BCUT2D eigenvalue weighted by molar-refractivity contribution is 8.00. The number of rotatable bonds is 21. The molecule has 6 amide bonds.